The third-order valence-electron chi connectivity index (χ3n) is 4.65. The van der Waals surface area contributed by atoms with E-state index in [1.54, 1.807) is 25.1 Å². The van der Waals surface area contributed by atoms with Gasteiger partial charge in [0.05, 0.1) is 6.61 Å². The van der Waals surface area contributed by atoms with E-state index in [4.69, 9.17) is 9.47 Å². The van der Waals surface area contributed by atoms with Gasteiger partial charge < -0.3 is 19.6 Å². The third-order valence-corrected chi connectivity index (χ3v) is 4.65. The van der Waals surface area contributed by atoms with Crippen molar-refractivity contribution in [1.82, 2.24) is 4.98 Å². The van der Waals surface area contributed by atoms with Crippen LogP contribution in [0.5, 0.6) is 17.2 Å². The number of benzene rings is 2. The summed E-state index contributed by atoms with van der Waals surface area (Å²) in [5.41, 5.74) is 4.04. The quantitative estimate of drug-likeness (QED) is 0.577. The normalized spacial score (nSPS) is 11.2. The van der Waals surface area contributed by atoms with Crippen molar-refractivity contribution in [2.75, 3.05) is 6.61 Å². The van der Waals surface area contributed by atoms with Crippen LogP contribution in [0.25, 0.3) is 10.9 Å². The van der Waals surface area contributed by atoms with E-state index in [0.29, 0.717) is 18.1 Å². The maximum atomic E-state index is 12.0. The molecule has 0 aliphatic carbocycles. The predicted octanol–water partition coefficient (Wildman–Crippen LogP) is 5.58. The van der Waals surface area contributed by atoms with E-state index in [0.717, 1.165) is 33.3 Å². The fourth-order valence-corrected chi connectivity index (χ4v) is 3.25. The van der Waals surface area contributed by atoms with Crippen molar-refractivity contribution in [3.63, 3.8) is 0 Å². The maximum Gasteiger partial charge on any atom is 0.354 e. The molecule has 27 heavy (non-hydrogen) atoms. The standard InChI is InChI=1S/C22H25NO4/c1-6-26-22(25)19-11-17-14(5)21(13(4)9-18(17)23-19)27-15-7-8-20(24)16(10-15)12(2)3/h7-12,23-24H,6H2,1-5H3. The Bertz CT molecular complexity index is 1000. The van der Waals surface area contributed by atoms with Gasteiger partial charge in [-0.3, -0.25) is 0 Å². The highest BCUT2D eigenvalue weighted by molar-refractivity contribution is 5.97. The summed E-state index contributed by atoms with van der Waals surface area (Å²) in [7, 11) is 0. The molecule has 0 fully saturated rings. The Kier molecular flexibility index (Phi) is 5.13. The highest BCUT2D eigenvalue weighted by atomic mass is 16.5. The molecule has 5 nitrogen and oxygen atoms in total. The minimum atomic E-state index is -0.367. The molecule has 1 heterocycles. The van der Waals surface area contributed by atoms with Gasteiger partial charge in [-0.05, 0) is 62.6 Å². The lowest BCUT2D eigenvalue weighted by atomic mass is 10.0. The van der Waals surface area contributed by atoms with Crippen molar-refractivity contribution in [1.29, 1.82) is 0 Å². The lowest BCUT2D eigenvalue weighted by Crippen LogP contribution is -2.04. The summed E-state index contributed by atoms with van der Waals surface area (Å²) in [5, 5.41) is 10.9. The molecule has 0 aliphatic rings. The summed E-state index contributed by atoms with van der Waals surface area (Å²) < 4.78 is 11.2. The monoisotopic (exact) mass is 367 g/mol. The Morgan fingerprint density at radius 3 is 2.59 bits per heavy atom. The maximum absolute atomic E-state index is 12.0. The number of H-pyrrole nitrogens is 1. The predicted molar refractivity (Wildman–Crippen MR) is 106 cm³/mol. The van der Waals surface area contributed by atoms with Crippen LogP contribution < -0.4 is 4.74 Å². The minimum absolute atomic E-state index is 0.190. The summed E-state index contributed by atoms with van der Waals surface area (Å²) in [6.45, 7) is 10.1. The number of aryl methyl sites for hydroxylation is 2. The van der Waals surface area contributed by atoms with Gasteiger partial charge >= 0.3 is 5.97 Å². The van der Waals surface area contributed by atoms with E-state index < -0.39 is 0 Å². The van der Waals surface area contributed by atoms with Crippen LogP contribution in [0.1, 0.15) is 53.9 Å². The SMILES string of the molecule is CCOC(=O)c1cc2c(C)c(Oc3ccc(O)c(C(C)C)c3)c(C)cc2[nH]1. The number of aromatic amines is 1. The van der Waals surface area contributed by atoms with E-state index in [2.05, 4.69) is 4.98 Å². The zero-order chi connectivity index (χ0) is 19.7. The lowest BCUT2D eigenvalue weighted by molar-refractivity contribution is 0.0520. The van der Waals surface area contributed by atoms with Crippen LogP contribution in [-0.4, -0.2) is 22.7 Å². The Labute approximate surface area is 158 Å². The zero-order valence-corrected chi connectivity index (χ0v) is 16.3. The van der Waals surface area contributed by atoms with Crippen molar-refractivity contribution in [2.45, 2.75) is 40.5 Å². The summed E-state index contributed by atoms with van der Waals surface area (Å²) in [6, 6.07) is 9.04. The summed E-state index contributed by atoms with van der Waals surface area (Å²) in [4.78, 5) is 15.1. The van der Waals surface area contributed by atoms with Gasteiger partial charge in [0, 0.05) is 22.0 Å². The molecule has 0 spiro atoms. The molecule has 2 aromatic carbocycles. The average Bonchev–Trinajstić information content (AvgIpc) is 3.04. The molecule has 0 bridgehead atoms. The highest BCUT2D eigenvalue weighted by Crippen LogP contribution is 2.37. The second-order valence-electron chi connectivity index (χ2n) is 6.99. The number of hydrogen-bond acceptors (Lipinski definition) is 4. The number of ether oxygens (including phenoxy) is 2. The number of carbonyl (C=O) groups is 1. The van der Waals surface area contributed by atoms with Crippen molar-refractivity contribution >= 4 is 16.9 Å². The Balaban J connectivity index is 2.02. The average molecular weight is 367 g/mol. The first kappa shape index (κ1) is 18.8. The van der Waals surface area contributed by atoms with Crippen molar-refractivity contribution in [3.8, 4) is 17.2 Å². The number of fused-ring (bicyclic) bond motifs is 1. The Hall–Kier alpha value is -2.95. The molecule has 142 valence electrons. The number of esters is 1. The van der Waals surface area contributed by atoms with Crippen LogP contribution in [0.4, 0.5) is 0 Å². The lowest BCUT2D eigenvalue weighted by Gasteiger charge is -2.15. The summed E-state index contributed by atoms with van der Waals surface area (Å²) in [5.74, 6) is 1.51. The summed E-state index contributed by atoms with van der Waals surface area (Å²) >= 11 is 0. The fraction of sp³-hybridized carbons (Fsp3) is 0.318. The molecular weight excluding hydrogens is 342 g/mol. The number of phenols is 1. The number of carbonyl (C=O) groups excluding carboxylic acids is 1. The largest absolute Gasteiger partial charge is 0.508 e. The van der Waals surface area contributed by atoms with Crippen molar-refractivity contribution in [3.05, 3.63) is 52.7 Å². The molecule has 0 amide bonds. The van der Waals surface area contributed by atoms with Crippen LogP contribution in [0.2, 0.25) is 0 Å². The topological polar surface area (TPSA) is 71.6 Å². The number of aromatic nitrogens is 1. The molecule has 0 saturated heterocycles. The molecule has 3 rings (SSSR count). The molecule has 0 aliphatic heterocycles. The van der Waals surface area contributed by atoms with Gasteiger partial charge in [0.15, 0.2) is 0 Å². The van der Waals surface area contributed by atoms with Gasteiger partial charge in [-0.1, -0.05) is 13.8 Å². The van der Waals surface area contributed by atoms with Gasteiger partial charge in [0.1, 0.15) is 22.9 Å². The zero-order valence-electron chi connectivity index (χ0n) is 16.3. The van der Waals surface area contributed by atoms with Crippen LogP contribution >= 0.6 is 0 Å². The number of phenolic OH excluding ortho intramolecular Hbond substituents is 1. The van der Waals surface area contributed by atoms with Crippen LogP contribution in [0.15, 0.2) is 30.3 Å². The fourth-order valence-electron chi connectivity index (χ4n) is 3.25. The molecule has 0 unspecified atom stereocenters. The van der Waals surface area contributed by atoms with Gasteiger partial charge in [-0.15, -0.1) is 0 Å². The number of nitrogens with one attached hydrogen (secondary N) is 1. The smallest absolute Gasteiger partial charge is 0.354 e. The molecule has 0 radical (unpaired) electrons. The minimum Gasteiger partial charge on any atom is -0.508 e. The second kappa shape index (κ2) is 7.35. The molecular formula is C22H25NO4. The molecule has 2 N–H and O–H groups in total. The molecule has 5 heteroatoms. The van der Waals surface area contributed by atoms with Crippen LogP contribution in [0, 0.1) is 13.8 Å². The van der Waals surface area contributed by atoms with E-state index in [1.165, 1.54) is 0 Å². The van der Waals surface area contributed by atoms with Gasteiger partial charge in [0.25, 0.3) is 0 Å². The second-order valence-corrected chi connectivity index (χ2v) is 6.99. The van der Waals surface area contributed by atoms with E-state index in [-0.39, 0.29) is 17.6 Å². The molecule has 0 saturated carbocycles. The van der Waals surface area contributed by atoms with Crippen molar-refractivity contribution < 1.29 is 19.4 Å². The first-order chi connectivity index (χ1) is 12.8. The van der Waals surface area contributed by atoms with Crippen LogP contribution in [0.3, 0.4) is 0 Å². The number of rotatable bonds is 5. The molecule has 0 atom stereocenters. The highest BCUT2D eigenvalue weighted by Gasteiger charge is 2.17. The molecule has 3 aromatic rings. The van der Waals surface area contributed by atoms with Crippen molar-refractivity contribution in [2.24, 2.45) is 0 Å². The third kappa shape index (κ3) is 3.63. The first-order valence-electron chi connectivity index (χ1n) is 9.12. The van der Waals surface area contributed by atoms with E-state index >= 15 is 0 Å². The number of aromatic hydroxyl groups is 1. The number of hydrogen-bond donors (Lipinski definition) is 2. The Morgan fingerprint density at radius 2 is 1.93 bits per heavy atom. The molecule has 1 aromatic heterocycles. The van der Waals surface area contributed by atoms with Gasteiger partial charge in [0.2, 0.25) is 0 Å². The van der Waals surface area contributed by atoms with Gasteiger partial charge in [-0.2, -0.15) is 0 Å². The van der Waals surface area contributed by atoms with Crippen LogP contribution in [-0.2, 0) is 4.74 Å². The van der Waals surface area contributed by atoms with E-state index in [1.807, 2.05) is 39.8 Å². The first-order valence-corrected chi connectivity index (χ1v) is 9.12. The van der Waals surface area contributed by atoms with E-state index in [9.17, 15) is 9.90 Å². The Morgan fingerprint density at radius 1 is 1.19 bits per heavy atom. The summed E-state index contributed by atoms with van der Waals surface area (Å²) in [6.07, 6.45) is 0. The van der Waals surface area contributed by atoms with Gasteiger partial charge in [-0.25, -0.2) is 4.79 Å².